The van der Waals surface area contributed by atoms with Gasteiger partial charge < -0.3 is 19.5 Å². The highest BCUT2D eigenvalue weighted by Gasteiger charge is 2.16. The molecule has 144 valence electrons. The first-order chi connectivity index (χ1) is 13.2. The lowest BCUT2D eigenvalue weighted by molar-refractivity contribution is 0.0679. The van der Waals surface area contributed by atoms with Gasteiger partial charge in [-0.1, -0.05) is 24.3 Å². The normalized spacial score (nSPS) is 16.3. The van der Waals surface area contributed by atoms with Crippen LogP contribution in [0.4, 0.5) is 0 Å². The van der Waals surface area contributed by atoms with Crippen LogP contribution in [-0.4, -0.2) is 31.8 Å². The molecule has 5 heteroatoms. The van der Waals surface area contributed by atoms with Crippen LogP contribution in [0.2, 0.25) is 0 Å². The number of ether oxygens (including phenoxy) is 3. The van der Waals surface area contributed by atoms with E-state index in [1.807, 2.05) is 43.3 Å². The summed E-state index contributed by atoms with van der Waals surface area (Å²) in [7, 11) is 0. The molecule has 3 rings (SSSR count). The van der Waals surface area contributed by atoms with Gasteiger partial charge in [0.15, 0.2) is 0 Å². The average molecular weight is 369 g/mol. The van der Waals surface area contributed by atoms with Crippen molar-refractivity contribution in [3.63, 3.8) is 0 Å². The van der Waals surface area contributed by atoms with Crippen LogP contribution in [0.1, 0.15) is 41.3 Å². The van der Waals surface area contributed by atoms with Gasteiger partial charge in [0.25, 0.3) is 5.91 Å². The molecule has 0 saturated carbocycles. The molecule has 1 heterocycles. The molecule has 0 aliphatic carbocycles. The lowest BCUT2D eigenvalue weighted by Crippen LogP contribution is -2.22. The van der Waals surface area contributed by atoms with Crippen molar-refractivity contribution in [2.45, 2.75) is 39.0 Å². The number of hydrogen-bond donors (Lipinski definition) is 1. The molecule has 0 spiro atoms. The Labute approximate surface area is 160 Å². The summed E-state index contributed by atoms with van der Waals surface area (Å²) in [6.45, 7) is 5.17. The molecule has 1 saturated heterocycles. The fourth-order valence-electron chi connectivity index (χ4n) is 2.93. The number of carbonyl (C=O) groups excluding carboxylic acids is 1. The topological polar surface area (TPSA) is 56.8 Å². The molecule has 5 nitrogen and oxygen atoms in total. The predicted octanol–water partition coefficient (Wildman–Crippen LogP) is 3.71. The van der Waals surface area contributed by atoms with Crippen LogP contribution in [0.15, 0.2) is 48.5 Å². The van der Waals surface area contributed by atoms with E-state index in [2.05, 4.69) is 5.32 Å². The maximum absolute atomic E-state index is 12.3. The number of amides is 1. The third kappa shape index (κ3) is 6.08. The summed E-state index contributed by atoms with van der Waals surface area (Å²) >= 11 is 0. The van der Waals surface area contributed by atoms with Crippen molar-refractivity contribution >= 4 is 5.91 Å². The summed E-state index contributed by atoms with van der Waals surface area (Å²) in [5.41, 5.74) is 2.80. The SMILES string of the molecule is CCOCc1ccc(CNC(=O)c2ccc(OCC3CCCO3)cc2)cc1. The predicted molar refractivity (Wildman–Crippen MR) is 104 cm³/mol. The maximum atomic E-state index is 12.3. The zero-order chi connectivity index (χ0) is 18.9. The molecule has 2 aromatic rings. The minimum atomic E-state index is -0.0981. The molecule has 0 aromatic heterocycles. The number of hydrogen-bond acceptors (Lipinski definition) is 4. The standard InChI is InChI=1S/C22H27NO4/c1-2-25-15-18-7-5-17(6-8-18)14-23-22(24)19-9-11-20(12-10-19)27-16-21-4-3-13-26-21/h5-12,21H,2-4,13-16H2,1H3,(H,23,24). The molecule has 1 atom stereocenters. The fourth-order valence-corrected chi connectivity index (χ4v) is 2.93. The van der Waals surface area contributed by atoms with Crippen LogP contribution in [0, 0.1) is 0 Å². The second kappa shape index (κ2) is 10.1. The Morgan fingerprint density at radius 3 is 2.52 bits per heavy atom. The zero-order valence-electron chi connectivity index (χ0n) is 15.8. The molecule has 1 N–H and O–H groups in total. The average Bonchev–Trinajstić information content (AvgIpc) is 3.24. The van der Waals surface area contributed by atoms with E-state index in [1.54, 1.807) is 12.1 Å². The first kappa shape index (κ1) is 19.4. The Morgan fingerprint density at radius 2 is 1.85 bits per heavy atom. The lowest BCUT2D eigenvalue weighted by Gasteiger charge is -2.12. The molecule has 1 fully saturated rings. The highest BCUT2D eigenvalue weighted by molar-refractivity contribution is 5.94. The Balaban J connectivity index is 1.44. The molecular weight excluding hydrogens is 342 g/mol. The van der Waals surface area contributed by atoms with Crippen molar-refractivity contribution < 1.29 is 19.0 Å². The first-order valence-corrected chi connectivity index (χ1v) is 9.53. The van der Waals surface area contributed by atoms with E-state index in [0.29, 0.717) is 31.9 Å². The molecule has 1 unspecified atom stereocenters. The molecule has 27 heavy (non-hydrogen) atoms. The highest BCUT2D eigenvalue weighted by Crippen LogP contribution is 2.16. The van der Waals surface area contributed by atoms with Gasteiger partial charge in [-0.15, -0.1) is 0 Å². The third-order valence-electron chi connectivity index (χ3n) is 4.53. The van der Waals surface area contributed by atoms with Crippen LogP contribution >= 0.6 is 0 Å². The molecule has 0 radical (unpaired) electrons. The van der Waals surface area contributed by atoms with Crippen molar-refractivity contribution in [1.82, 2.24) is 5.32 Å². The van der Waals surface area contributed by atoms with E-state index >= 15 is 0 Å². The van der Waals surface area contributed by atoms with Gasteiger partial charge >= 0.3 is 0 Å². The molecular formula is C22H27NO4. The fraction of sp³-hybridized carbons (Fsp3) is 0.409. The molecule has 1 amide bonds. The molecule has 1 aliphatic heterocycles. The Bertz CT molecular complexity index is 706. The number of carbonyl (C=O) groups is 1. The number of nitrogens with one attached hydrogen (secondary N) is 1. The van der Waals surface area contributed by atoms with Crippen LogP contribution in [0.25, 0.3) is 0 Å². The largest absolute Gasteiger partial charge is 0.491 e. The van der Waals surface area contributed by atoms with Crippen molar-refractivity contribution in [3.8, 4) is 5.75 Å². The number of benzene rings is 2. The van der Waals surface area contributed by atoms with Gasteiger partial charge in [0.05, 0.1) is 12.7 Å². The van der Waals surface area contributed by atoms with Gasteiger partial charge in [-0.25, -0.2) is 0 Å². The molecule has 1 aliphatic rings. The summed E-state index contributed by atoms with van der Waals surface area (Å²) in [4.78, 5) is 12.3. The Morgan fingerprint density at radius 1 is 1.11 bits per heavy atom. The lowest BCUT2D eigenvalue weighted by atomic mass is 10.1. The minimum absolute atomic E-state index is 0.0981. The van der Waals surface area contributed by atoms with Crippen molar-refractivity contribution in [2.24, 2.45) is 0 Å². The second-order valence-corrected chi connectivity index (χ2v) is 6.61. The van der Waals surface area contributed by atoms with E-state index in [4.69, 9.17) is 14.2 Å². The monoisotopic (exact) mass is 369 g/mol. The van der Waals surface area contributed by atoms with E-state index in [0.717, 1.165) is 36.3 Å². The maximum Gasteiger partial charge on any atom is 0.251 e. The smallest absolute Gasteiger partial charge is 0.251 e. The van der Waals surface area contributed by atoms with Crippen LogP contribution in [0.3, 0.4) is 0 Å². The van der Waals surface area contributed by atoms with E-state index in [-0.39, 0.29) is 12.0 Å². The Hall–Kier alpha value is -2.37. The first-order valence-electron chi connectivity index (χ1n) is 9.53. The van der Waals surface area contributed by atoms with Crippen molar-refractivity contribution in [3.05, 3.63) is 65.2 Å². The van der Waals surface area contributed by atoms with E-state index in [1.165, 1.54) is 0 Å². The third-order valence-corrected chi connectivity index (χ3v) is 4.53. The summed E-state index contributed by atoms with van der Waals surface area (Å²) in [6.07, 6.45) is 2.34. The van der Waals surface area contributed by atoms with Gasteiger partial charge in [0.1, 0.15) is 12.4 Å². The second-order valence-electron chi connectivity index (χ2n) is 6.61. The van der Waals surface area contributed by atoms with E-state index < -0.39 is 0 Å². The van der Waals surface area contributed by atoms with Gasteiger partial charge in [-0.05, 0) is 55.2 Å². The van der Waals surface area contributed by atoms with Gasteiger partial charge in [-0.3, -0.25) is 4.79 Å². The summed E-state index contributed by atoms with van der Waals surface area (Å²) in [5, 5.41) is 2.94. The molecule has 2 aromatic carbocycles. The zero-order valence-corrected chi connectivity index (χ0v) is 15.8. The summed E-state index contributed by atoms with van der Waals surface area (Å²) in [6, 6.07) is 15.3. The summed E-state index contributed by atoms with van der Waals surface area (Å²) in [5.74, 6) is 0.658. The van der Waals surface area contributed by atoms with Crippen LogP contribution in [0.5, 0.6) is 5.75 Å². The minimum Gasteiger partial charge on any atom is -0.491 e. The Kier molecular flexibility index (Phi) is 7.25. The van der Waals surface area contributed by atoms with Gasteiger partial charge in [-0.2, -0.15) is 0 Å². The van der Waals surface area contributed by atoms with Gasteiger partial charge in [0, 0.05) is 25.3 Å². The van der Waals surface area contributed by atoms with Crippen molar-refractivity contribution in [1.29, 1.82) is 0 Å². The van der Waals surface area contributed by atoms with Crippen molar-refractivity contribution in [2.75, 3.05) is 19.8 Å². The molecule has 0 bridgehead atoms. The van der Waals surface area contributed by atoms with E-state index in [9.17, 15) is 4.79 Å². The quantitative estimate of drug-likeness (QED) is 0.732. The van der Waals surface area contributed by atoms with Crippen LogP contribution < -0.4 is 10.1 Å². The highest BCUT2D eigenvalue weighted by atomic mass is 16.5. The number of rotatable bonds is 9. The van der Waals surface area contributed by atoms with Crippen LogP contribution in [-0.2, 0) is 22.6 Å². The summed E-state index contributed by atoms with van der Waals surface area (Å²) < 4.78 is 16.7. The van der Waals surface area contributed by atoms with Gasteiger partial charge in [0.2, 0.25) is 0 Å².